The second-order valence-electron chi connectivity index (χ2n) is 4.47. The molecule has 0 aromatic heterocycles. The van der Waals surface area contributed by atoms with Crippen molar-refractivity contribution in [3.8, 4) is 0 Å². The smallest absolute Gasteiger partial charge is 0.372 e. The van der Waals surface area contributed by atoms with E-state index < -0.39 is 0 Å². The van der Waals surface area contributed by atoms with Gasteiger partial charge in [0.15, 0.2) is 4.98 Å². The molecule has 1 aliphatic rings. The number of hydrogen-bond donors (Lipinski definition) is 0. The van der Waals surface area contributed by atoms with Crippen molar-refractivity contribution in [1.82, 2.24) is 0 Å². The zero-order valence-electron chi connectivity index (χ0n) is 9.82. The average molecular weight is 216 g/mol. The van der Waals surface area contributed by atoms with Crippen LogP contribution in [0.5, 0.6) is 0 Å². The summed E-state index contributed by atoms with van der Waals surface area (Å²) in [4.78, 5) is 5.69. The van der Waals surface area contributed by atoms with Crippen molar-refractivity contribution in [2.24, 2.45) is 0 Å². The first-order chi connectivity index (χ1) is 7.81. The average Bonchev–Trinajstić information content (AvgIpc) is 2.57. The van der Waals surface area contributed by atoms with Gasteiger partial charge in [-0.1, -0.05) is 12.8 Å². The molecule has 0 N–H and O–H groups in total. The molecule has 0 spiro atoms. The molecule has 16 heavy (non-hydrogen) atoms. The highest BCUT2D eigenvalue weighted by Gasteiger charge is 2.14. The van der Waals surface area contributed by atoms with Gasteiger partial charge >= 0.3 is 5.69 Å². The van der Waals surface area contributed by atoms with Crippen molar-refractivity contribution < 1.29 is 0 Å². The van der Waals surface area contributed by atoms with Gasteiger partial charge < -0.3 is 4.90 Å². The molecule has 1 aliphatic heterocycles. The van der Waals surface area contributed by atoms with Gasteiger partial charge in [-0.05, 0) is 31.9 Å². The topological polar surface area (TPSA) is 31.4 Å². The standard InChI is InChI=1S/C13H18N3/c1-11-10-12(6-7-13(11)15-14)16-8-4-2-3-5-9-16/h6-7,10H,2-5,8-9H2,1H3/q+1. The first-order valence-electron chi connectivity index (χ1n) is 6.02. The zero-order valence-corrected chi connectivity index (χ0v) is 9.82. The Morgan fingerprint density at radius 1 is 1.12 bits per heavy atom. The summed E-state index contributed by atoms with van der Waals surface area (Å²) in [5.74, 6) is 0. The molecule has 0 unspecified atom stereocenters. The van der Waals surface area contributed by atoms with Gasteiger partial charge in [0.05, 0.1) is 0 Å². The van der Waals surface area contributed by atoms with Crippen LogP contribution >= 0.6 is 0 Å². The summed E-state index contributed by atoms with van der Waals surface area (Å²) in [7, 11) is 0. The van der Waals surface area contributed by atoms with Crippen LogP contribution in [-0.4, -0.2) is 13.1 Å². The van der Waals surface area contributed by atoms with Crippen molar-refractivity contribution in [3.63, 3.8) is 0 Å². The quantitative estimate of drug-likeness (QED) is 0.667. The van der Waals surface area contributed by atoms with Crippen molar-refractivity contribution in [2.75, 3.05) is 18.0 Å². The van der Waals surface area contributed by atoms with E-state index in [1.54, 1.807) is 0 Å². The predicted molar refractivity (Wildman–Crippen MR) is 66.6 cm³/mol. The lowest BCUT2D eigenvalue weighted by Crippen LogP contribution is -2.23. The number of rotatable bonds is 1. The number of anilines is 1. The van der Waals surface area contributed by atoms with Gasteiger partial charge in [0.1, 0.15) is 0 Å². The van der Waals surface area contributed by atoms with Crippen LogP contribution in [0.4, 0.5) is 11.4 Å². The molecule has 2 rings (SSSR count). The molecule has 1 aromatic rings. The summed E-state index contributed by atoms with van der Waals surface area (Å²) >= 11 is 0. The van der Waals surface area contributed by atoms with E-state index in [4.69, 9.17) is 5.39 Å². The van der Waals surface area contributed by atoms with E-state index >= 15 is 0 Å². The number of nitrogens with zero attached hydrogens (tertiary/aromatic N) is 3. The minimum Gasteiger partial charge on any atom is -0.372 e. The molecule has 84 valence electrons. The van der Waals surface area contributed by atoms with Crippen molar-refractivity contribution in [3.05, 3.63) is 28.7 Å². The molecule has 0 aliphatic carbocycles. The molecule has 3 nitrogen and oxygen atoms in total. The van der Waals surface area contributed by atoms with Crippen LogP contribution in [0.25, 0.3) is 4.98 Å². The number of aryl methyl sites for hydroxylation is 1. The van der Waals surface area contributed by atoms with Gasteiger partial charge in [-0.15, -0.1) is 0 Å². The Bertz CT molecular complexity index is 398. The molecule has 1 saturated heterocycles. The lowest BCUT2D eigenvalue weighted by atomic mass is 10.1. The van der Waals surface area contributed by atoms with Crippen LogP contribution in [0.1, 0.15) is 31.2 Å². The van der Waals surface area contributed by atoms with Crippen LogP contribution in [0, 0.1) is 12.3 Å². The number of hydrogen-bond acceptors (Lipinski definition) is 2. The van der Waals surface area contributed by atoms with E-state index in [1.807, 2.05) is 19.1 Å². The fourth-order valence-corrected chi connectivity index (χ4v) is 2.28. The van der Waals surface area contributed by atoms with E-state index in [9.17, 15) is 0 Å². The molecule has 1 aromatic carbocycles. The molecule has 1 fully saturated rings. The second kappa shape index (κ2) is 4.98. The van der Waals surface area contributed by atoms with Crippen LogP contribution < -0.4 is 4.90 Å². The molecule has 0 saturated carbocycles. The molecule has 0 radical (unpaired) electrons. The minimum atomic E-state index is 0.665. The largest absolute Gasteiger partial charge is 0.388 e. The summed E-state index contributed by atoms with van der Waals surface area (Å²) in [6.45, 7) is 4.28. The third-order valence-corrected chi connectivity index (χ3v) is 3.26. The van der Waals surface area contributed by atoms with Crippen LogP contribution in [-0.2, 0) is 0 Å². The summed E-state index contributed by atoms with van der Waals surface area (Å²) in [5.41, 5.74) is 2.95. The van der Waals surface area contributed by atoms with Crippen LogP contribution in [0.2, 0.25) is 0 Å². The van der Waals surface area contributed by atoms with Crippen LogP contribution in [0.3, 0.4) is 0 Å². The van der Waals surface area contributed by atoms with Gasteiger partial charge in [0.2, 0.25) is 5.39 Å². The molecule has 1 heterocycles. The van der Waals surface area contributed by atoms with E-state index in [0.717, 1.165) is 18.7 Å². The highest BCUT2D eigenvalue weighted by Crippen LogP contribution is 2.26. The van der Waals surface area contributed by atoms with Gasteiger partial charge in [-0.2, -0.15) is 0 Å². The number of benzene rings is 1. The summed E-state index contributed by atoms with van der Waals surface area (Å²) in [5, 5.41) is 8.78. The van der Waals surface area contributed by atoms with Gasteiger partial charge in [0.25, 0.3) is 0 Å². The minimum absolute atomic E-state index is 0.665. The molecular formula is C13H18N3+. The fourth-order valence-electron chi connectivity index (χ4n) is 2.28. The lowest BCUT2D eigenvalue weighted by molar-refractivity contribution is 0.726. The zero-order chi connectivity index (χ0) is 11.4. The maximum absolute atomic E-state index is 8.78. The Labute approximate surface area is 96.7 Å². The highest BCUT2D eigenvalue weighted by molar-refractivity contribution is 5.60. The molecule has 3 heteroatoms. The second-order valence-corrected chi connectivity index (χ2v) is 4.47. The summed E-state index contributed by atoms with van der Waals surface area (Å²) in [6.07, 6.45) is 5.26. The third kappa shape index (κ3) is 2.33. The maximum Gasteiger partial charge on any atom is 0.388 e. The van der Waals surface area contributed by atoms with Gasteiger partial charge in [-0.25, -0.2) is 0 Å². The maximum atomic E-state index is 8.78. The Kier molecular flexibility index (Phi) is 3.40. The normalized spacial score (nSPS) is 16.6. The van der Waals surface area contributed by atoms with E-state index in [2.05, 4.69) is 15.9 Å². The Morgan fingerprint density at radius 2 is 1.81 bits per heavy atom. The number of diazo groups is 1. The Morgan fingerprint density at radius 3 is 2.38 bits per heavy atom. The summed E-state index contributed by atoms with van der Waals surface area (Å²) in [6, 6.07) is 6.04. The van der Waals surface area contributed by atoms with E-state index in [0.29, 0.717) is 5.69 Å². The van der Waals surface area contributed by atoms with Crippen molar-refractivity contribution >= 4 is 11.4 Å². The van der Waals surface area contributed by atoms with Crippen LogP contribution in [0.15, 0.2) is 18.2 Å². The molecule has 0 atom stereocenters. The van der Waals surface area contributed by atoms with E-state index in [1.165, 1.54) is 31.4 Å². The van der Waals surface area contributed by atoms with Crippen molar-refractivity contribution in [2.45, 2.75) is 32.6 Å². The Hall–Kier alpha value is -1.56. The lowest BCUT2D eigenvalue weighted by Gasteiger charge is -2.22. The summed E-state index contributed by atoms with van der Waals surface area (Å²) < 4.78 is 0. The van der Waals surface area contributed by atoms with Crippen molar-refractivity contribution in [1.29, 1.82) is 5.39 Å². The molecule has 0 bridgehead atoms. The Balaban J connectivity index is 2.20. The van der Waals surface area contributed by atoms with E-state index in [-0.39, 0.29) is 0 Å². The molecule has 0 amide bonds. The highest BCUT2D eigenvalue weighted by atomic mass is 15.1. The predicted octanol–water partition coefficient (Wildman–Crippen LogP) is 3.86. The molecular weight excluding hydrogens is 198 g/mol. The SMILES string of the molecule is Cc1cc(N2CCCCCC2)ccc1[N+]#N. The van der Waals surface area contributed by atoms with Gasteiger partial charge in [0, 0.05) is 30.4 Å². The first-order valence-corrected chi connectivity index (χ1v) is 6.02. The third-order valence-electron chi connectivity index (χ3n) is 3.26. The first kappa shape index (κ1) is 10.9. The van der Waals surface area contributed by atoms with Gasteiger partial charge in [-0.3, -0.25) is 0 Å². The fraction of sp³-hybridized carbons (Fsp3) is 0.538. The monoisotopic (exact) mass is 216 g/mol.